The second kappa shape index (κ2) is 8.61. The summed E-state index contributed by atoms with van der Waals surface area (Å²) in [5, 5.41) is 18.3. The van der Waals surface area contributed by atoms with Gasteiger partial charge in [-0.3, -0.25) is 4.79 Å². The monoisotopic (exact) mass is 312 g/mol. The molecule has 1 heterocycles. The molecule has 2 N–H and O–H groups in total. The van der Waals surface area contributed by atoms with Crippen molar-refractivity contribution in [3.8, 4) is 0 Å². The zero-order chi connectivity index (χ0) is 15.8. The minimum atomic E-state index is -1.01. The number of hydrogen-bond acceptors (Lipinski definition) is 5. The molecule has 7 heteroatoms. The Morgan fingerprint density at radius 1 is 1.14 bits per heavy atom. The number of aliphatic carboxylic acids is 1. The number of nitrogens with zero attached hydrogens (tertiary/aromatic N) is 2. The van der Waals surface area contributed by atoms with Gasteiger partial charge in [0.15, 0.2) is 0 Å². The maximum atomic E-state index is 11.3. The molecule has 0 saturated heterocycles. The Kier molecular flexibility index (Phi) is 7.14. The number of thioether (sulfide) groups is 1. The Labute approximate surface area is 128 Å². The minimum Gasteiger partial charge on any atom is -0.481 e. The molecular weight excluding hydrogens is 292 g/mol. The fraction of sp³-hybridized carbons (Fsp3) is 0.571. The van der Waals surface area contributed by atoms with Crippen LogP contribution in [0, 0.1) is 6.92 Å². The molecule has 0 radical (unpaired) electrons. The van der Waals surface area contributed by atoms with Crippen molar-refractivity contribution in [2.45, 2.75) is 51.0 Å². The average Bonchev–Trinajstić information content (AvgIpc) is 2.41. The third-order valence-electron chi connectivity index (χ3n) is 2.91. The van der Waals surface area contributed by atoms with E-state index in [-0.39, 0.29) is 12.0 Å². The van der Waals surface area contributed by atoms with Crippen LogP contribution in [0.3, 0.4) is 0 Å². The van der Waals surface area contributed by atoms with Crippen LogP contribution in [-0.2, 0) is 11.2 Å². The molecule has 1 aromatic rings. The summed E-state index contributed by atoms with van der Waals surface area (Å²) in [4.78, 5) is 30.2. The van der Waals surface area contributed by atoms with E-state index in [1.807, 2.05) is 6.92 Å². The first-order valence-electron chi connectivity index (χ1n) is 6.91. The molecule has 0 unspecified atom stereocenters. The molecule has 0 atom stereocenters. The number of unbranched alkanes of at least 4 members (excludes halogenated alkanes) is 2. The van der Waals surface area contributed by atoms with Gasteiger partial charge in [0.1, 0.15) is 16.4 Å². The van der Waals surface area contributed by atoms with Gasteiger partial charge in [0.25, 0.3) is 0 Å². The van der Waals surface area contributed by atoms with Crippen LogP contribution in [0.1, 0.15) is 54.5 Å². The van der Waals surface area contributed by atoms with Crippen molar-refractivity contribution in [1.82, 2.24) is 9.97 Å². The van der Waals surface area contributed by atoms with Crippen molar-refractivity contribution in [3.05, 3.63) is 17.1 Å². The first-order valence-corrected chi connectivity index (χ1v) is 7.89. The van der Waals surface area contributed by atoms with Gasteiger partial charge in [-0.05, 0) is 25.5 Å². The van der Waals surface area contributed by atoms with E-state index in [0.717, 1.165) is 18.6 Å². The summed E-state index contributed by atoms with van der Waals surface area (Å²) < 4.78 is 0. The molecule has 0 bridgehead atoms. The maximum absolute atomic E-state index is 11.3. The van der Waals surface area contributed by atoms with E-state index in [2.05, 4.69) is 9.97 Å². The molecule has 21 heavy (non-hydrogen) atoms. The number of aromatic nitrogens is 2. The normalized spacial score (nSPS) is 10.6. The summed E-state index contributed by atoms with van der Waals surface area (Å²) in [5.74, 6) is -0.427. The number of rotatable bonds is 9. The Bertz CT molecular complexity index is 520. The molecule has 1 aromatic heterocycles. The third kappa shape index (κ3) is 5.71. The van der Waals surface area contributed by atoms with Gasteiger partial charge in [-0.2, -0.15) is 0 Å². The van der Waals surface area contributed by atoms with Crippen LogP contribution in [0.15, 0.2) is 5.03 Å². The van der Waals surface area contributed by atoms with Crippen molar-refractivity contribution in [1.29, 1.82) is 0 Å². The predicted molar refractivity (Wildman–Crippen MR) is 79.9 cm³/mol. The Hall–Kier alpha value is -1.63. The van der Waals surface area contributed by atoms with Crippen LogP contribution < -0.4 is 0 Å². The number of aryl methyl sites for hydroxylation is 2. The van der Waals surface area contributed by atoms with E-state index >= 15 is 0 Å². The first kappa shape index (κ1) is 17.4. The minimum absolute atomic E-state index is 0.169. The molecule has 0 fully saturated rings. The van der Waals surface area contributed by atoms with Crippen molar-refractivity contribution in [3.63, 3.8) is 0 Å². The Morgan fingerprint density at radius 2 is 1.86 bits per heavy atom. The number of hydrogen-bond donors (Lipinski definition) is 2. The predicted octanol–water partition coefficient (Wildman–Crippen LogP) is 2.78. The van der Waals surface area contributed by atoms with Gasteiger partial charge in [-0.1, -0.05) is 13.3 Å². The van der Waals surface area contributed by atoms with Crippen LogP contribution in [0.2, 0.25) is 0 Å². The lowest BCUT2D eigenvalue weighted by molar-refractivity contribution is -0.137. The molecule has 6 nitrogen and oxygen atoms in total. The Balaban J connectivity index is 2.62. The topological polar surface area (TPSA) is 100 Å². The van der Waals surface area contributed by atoms with Gasteiger partial charge in [0.05, 0.1) is 5.69 Å². The maximum Gasteiger partial charge on any atom is 0.340 e. The lowest BCUT2D eigenvalue weighted by Gasteiger charge is -2.09. The van der Waals surface area contributed by atoms with Crippen LogP contribution in [0.25, 0.3) is 0 Å². The summed E-state index contributed by atoms with van der Waals surface area (Å²) in [7, 11) is 0. The zero-order valence-corrected chi connectivity index (χ0v) is 13.1. The SMILES string of the molecule is CCc1nc(C)c(C(=O)O)c(SCCCCCC(=O)O)n1. The average molecular weight is 312 g/mol. The third-order valence-corrected chi connectivity index (χ3v) is 3.97. The lowest BCUT2D eigenvalue weighted by Crippen LogP contribution is -2.09. The molecular formula is C14H20N2O4S. The fourth-order valence-corrected chi connectivity index (χ4v) is 2.93. The van der Waals surface area contributed by atoms with E-state index < -0.39 is 11.9 Å². The quantitative estimate of drug-likeness (QED) is 0.411. The number of carbonyl (C=O) groups is 2. The van der Waals surface area contributed by atoms with Crippen LogP contribution in [0.4, 0.5) is 0 Å². The molecule has 0 aliphatic carbocycles. The number of carboxylic acids is 2. The van der Waals surface area contributed by atoms with Crippen molar-refractivity contribution in [2.24, 2.45) is 0 Å². The van der Waals surface area contributed by atoms with Gasteiger partial charge < -0.3 is 10.2 Å². The highest BCUT2D eigenvalue weighted by atomic mass is 32.2. The van der Waals surface area contributed by atoms with Gasteiger partial charge in [-0.15, -0.1) is 11.8 Å². The van der Waals surface area contributed by atoms with Crippen molar-refractivity contribution >= 4 is 23.7 Å². The molecule has 0 aromatic carbocycles. The highest BCUT2D eigenvalue weighted by molar-refractivity contribution is 7.99. The van der Waals surface area contributed by atoms with Crippen LogP contribution in [0.5, 0.6) is 0 Å². The summed E-state index contributed by atoms with van der Waals surface area (Å²) in [6, 6.07) is 0. The standard InChI is InChI=1S/C14H20N2O4S/c1-3-10-15-9(2)12(14(19)20)13(16-10)21-8-6-4-5-7-11(17)18/h3-8H2,1-2H3,(H,17,18)(H,19,20). The van der Waals surface area contributed by atoms with Gasteiger partial charge in [0.2, 0.25) is 0 Å². The van der Waals surface area contributed by atoms with Crippen LogP contribution in [-0.4, -0.2) is 37.9 Å². The molecule has 0 aliphatic heterocycles. The molecule has 0 aliphatic rings. The summed E-state index contributed by atoms with van der Waals surface area (Å²) >= 11 is 1.40. The number of aromatic carboxylic acids is 1. The second-order valence-corrected chi connectivity index (χ2v) is 5.70. The number of carboxylic acid groups (broad SMARTS) is 2. The van der Waals surface area contributed by atoms with E-state index in [9.17, 15) is 14.7 Å². The van der Waals surface area contributed by atoms with E-state index in [1.165, 1.54) is 11.8 Å². The lowest BCUT2D eigenvalue weighted by atomic mass is 10.2. The molecule has 116 valence electrons. The molecule has 1 rings (SSSR count). The van der Waals surface area contributed by atoms with E-state index in [1.54, 1.807) is 6.92 Å². The highest BCUT2D eigenvalue weighted by Crippen LogP contribution is 2.24. The van der Waals surface area contributed by atoms with Gasteiger partial charge in [0, 0.05) is 12.8 Å². The van der Waals surface area contributed by atoms with Crippen LogP contribution >= 0.6 is 11.8 Å². The second-order valence-electron chi connectivity index (χ2n) is 4.62. The van der Waals surface area contributed by atoms with Gasteiger partial charge in [-0.25, -0.2) is 14.8 Å². The summed E-state index contributed by atoms with van der Waals surface area (Å²) in [6.07, 6.45) is 3.13. The molecule has 0 amide bonds. The van der Waals surface area contributed by atoms with Gasteiger partial charge >= 0.3 is 11.9 Å². The van der Waals surface area contributed by atoms with Crippen molar-refractivity contribution < 1.29 is 19.8 Å². The summed E-state index contributed by atoms with van der Waals surface area (Å²) in [6.45, 7) is 3.61. The highest BCUT2D eigenvalue weighted by Gasteiger charge is 2.17. The molecule has 0 saturated carbocycles. The summed E-state index contributed by atoms with van der Waals surface area (Å²) in [5.41, 5.74) is 0.658. The van der Waals surface area contributed by atoms with E-state index in [0.29, 0.717) is 29.4 Å². The van der Waals surface area contributed by atoms with Crippen molar-refractivity contribution in [2.75, 3.05) is 5.75 Å². The van der Waals surface area contributed by atoms with E-state index in [4.69, 9.17) is 5.11 Å². The fourth-order valence-electron chi connectivity index (χ4n) is 1.84. The zero-order valence-electron chi connectivity index (χ0n) is 12.3. The Morgan fingerprint density at radius 3 is 2.43 bits per heavy atom. The smallest absolute Gasteiger partial charge is 0.340 e. The first-order chi connectivity index (χ1) is 9.95. The molecule has 0 spiro atoms. The largest absolute Gasteiger partial charge is 0.481 e.